The van der Waals surface area contributed by atoms with E-state index in [9.17, 15) is 4.79 Å². The summed E-state index contributed by atoms with van der Waals surface area (Å²) in [4.78, 5) is 11.0. The van der Waals surface area contributed by atoms with E-state index in [1.165, 1.54) is 11.8 Å². The van der Waals surface area contributed by atoms with E-state index in [1.807, 2.05) is 25.1 Å². The average molecular weight is 240 g/mol. The molecule has 0 aromatic heterocycles. The highest BCUT2D eigenvalue weighted by molar-refractivity contribution is 8.14. The highest BCUT2D eigenvalue weighted by Crippen LogP contribution is 2.24. The van der Waals surface area contributed by atoms with Crippen LogP contribution in [0.2, 0.25) is 5.02 Å². The standard InChI is InChI=1S/C11H10ClNOS/c1-7-2-3-8(4-10(7)12)13-9-5-11(14)15-6-9/h2-5,13H,6H2,1H3. The molecule has 1 aliphatic rings. The number of rotatable bonds is 2. The second-order valence-corrected chi connectivity index (χ2v) is 4.75. The van der Waals surface area contributed by atoms with Gasteiger partial charge in [-0.2, -0.15) is 0 Å². The maximum atomic E-state index is 11.0. The third-order valence-corrected chi connectivity index (χ3v) is 3.40. The Hall–Kier alpha value is -0.930. The molecule has 78 valence electrons. The van der Waals surface area contributed by atoms with E-state index in [4.69, 9.17) is 11.6 Å². The lowest BCUT2D eigenvalue weighted by Crippen LogP contribution is -1.98. The Labute approximate surface area is 97.7 Å². The summed E-state index contributed by atoms with van der Waals surface area (Å²) in [6.07, 6.45) is 1.62. The van der Waals surface area contributed by atoms with Crippen LogP contribution < -0.4 is 5.32 Å². The fraction of sp³-hybridized carbons (Fsp3) is 0.182. The molecule has 0 amide bonds. The van der Waals surface area contributed by atoms with Gasteiger partial charge in [-0.1, -0.05) is 29.4 Å². The second-order valence-electron chi connectivity index (χ2n) is 3.37. The molecule has 0 aliphatic carbocycles. The lowest BCUT2D eigenvalue weighted by molar-refractivity contribution is -0.106. The summed E-state index contributed by atoms with van der Waals surface area (Å²) in [5.41, 5.74) is 2.91. The van der Waals surface area contributed by atoms with Crippen molar-refractivity contribution in [2.24, 2.45) is 0 Å². The summed E-state index contributed by atoms with van der Waals surface area (Å²) in [6.45, 7) is 1.96. The van der Waals surface area contributed by atoms with Gasteiger partial charge in [-0.15, -0.1) is 0 Å². The fourth-order valence-electron chi connectivity index (χ4n) is 1.30. The molecule has 1 N–H and O–H groups in total. The molecule has 0 bridgehead atoms. The number of aryl methyl sites for hydroxylation is 1. The van der Waals surface area contributed by atoms with Crippen LogP contribution in [0.3, 0.4) is 0 Å². The van der Waals surface area contributed by atoms with Crippen molar-refractivity contribution in [2.75, 3.05) is 11.1 Å². The summed E-state index contributed by atoms with van der Waals surface area (Å²) >= 11 is 7.30. The predicted octanol–water partition coefficient (Wildman–Crippen LogP) is 3.22. The van der Waals surface area contributed by atoms with Gasteiger partial charge in [0.25, 0.3) is 0 Å². The maximum Gasteiger partial charge on any atom is 0.214 e. The molecule has 1 aromatic rings. The van der Waals surface area contributed by atoms with Crippen LogP contribution >= 0.6 is 23.4 Å². The first kappa shape index (κ1) is 10.6. The Morgan fingerprint density at radius 3 is 2.87 bits per heavy atom. The molecular weight excluding hydrogens is 230 g/mol. The maximum absolute atomic E-state index is 11.0. The molecule has 0 saturated heterocycles. The first-order chi connectivity index (χ1) is 7.15. The van der Waals surface area contributed by atoms with E-state index in [-0.39, 0.29) is 5.12 Å². The number of benzene rings is 1. The molecule has 1 heterocycles. The number of carbonyl (C=O) groups excluding carboxylic acids is 1. The normalized spacial score (nSPS) is 15.3. The van der Waals surface area contributed by atoms with Gasteiger partial charge < -0.3 is 5.32 Å². The molecule has 1 aromatic carbocycles. The zero-order valence-electron chi connectivity index (χ0n) is 8.21. The van der Waals surface area contributed by atoms with Crippen molar-refractivity contribution in [3.63, 3.8) is 0 Å². The van der Waals surface area contributed by atoms with Gasteiger partial charge in [0, 0.05) is 28.2 Å². The number of anilines is 1. The Morgan fingerprint density at radius 2 is 2.27 bits per heavy atom. The smallest absolute Gasteiger partial charge is 0.214 e. The first-order valence-electron chi connectivity index (χ1n) is 4.55. The summed E-state index contributed by atoms with van der Waals surface area (Å²) in [6, 6.07) is 5.77. The Bertz CT molecular complexity index is 442. The van der Waals surface area contributed by atoms with Crippen LogP contribution in [0, 0.1) is 6.92 Å². The number of nitrogens with one attached hydrogen (secondary N) is 1. The van der Waals surface area contributed by atoms with Crippen molar-refractivity contribution in [1.29, 1.82) is 0 Å². The highest BCUT2D eigenvalue weighted by atomic mass is 35.5. The van der Waals surface area contributed by atoms with Crippen molar-refractivity contribution in [2.45, 2.75) is 6.92 Å². The second kappa shape index (κ2) is 4.29. The van der Waals surface area contributed by atoms with Gasteiger partial charge in [0.05, 0.1) is 0 Å². The highest BCUT2D eigenvalue weighted by Gasteiger charge is 2.12. The van der Waals surface area contributed by atoms with Gasteiger partial charge >= 0.3 is 0 Å². The minimum absolute atomic E-state index is 0.107. The van der Waals surface area contributed by atoms with Crippen LogP contribution in [0.4, 0.5) is 5.69 Å². The molecule has 2 nitrogen and oxygen atoms in total. The summed E-state index contributed by atoms with van der Waals surface area (Å²) in [7, 11) is 0. The van der Waals surface area contributed by atoms with Crippen molar-refractivity contribution in [1.82, 2.24) is 0 Å². The van der Waals surface area contributed by atoms with Crippen molar-refractivity contribution >= 4 is 34.2 Å². The van der Waals surface area contributed by atoms with Crippen LogP contribution in [-0.2, 0) is 4.79 Å². The van der Waals surface area contributed by atoms with Gasteiger partial charge in [0.15, 0.2) is 0 Å². The van der Waals surface area contributed by atoms with Crippen LogP contribution in [0.1, 0.15) is 5.56 Å². The zero-order valence-corrected chi connectivity index (χ0v) is 9.78. The van der Waals surface area contributed by atoms with Crippen LogP contribution in [0.5, 0.6) is 0 Å². The molecule has 2 rings (SSSR count). The molecule has 0 fully saturated rings. The minimum Gasteiger partial charge on any atom is -0.358 e. The summed E-state index contributed by atoms with van der Waals surface area (Å²) < 4.78 is 0. The largest absolute Gasteiger partial charge is 0.358 e. The van der Waals surface area contributed by atoms with Gasteiger partial charge in [-0.25, -0.2) is 0 Å². The third kappa shape index (κ3) is 2.55. The van der Waals surface area contributed by atoms with E-state index in [1.54, 1.807) is 6.08 Å². The number of hydrogen-bond donors (Lipinski definition) is 1. The van der Waals surface area contributed by atoms with Crippen LogP contribution in [0.25, 0.3) is 0 Å². The lowest BCUT2D eigenvalue weighted by atomic mass is 10.2. The molecule has 4 heteroatoms. The molecule has 0 spiro atoms. The van der Waals surface area contributed by atoms with Crippen LogP contribution in [-0.4, -0.2) is 10.9 Å². The van der Waals surface area contributed by atoms with E-state index >= 15 is 0 Å². The molecule has 1 aliphatic heterocycles. The molecule has 15 heavy (non-hydrogen) atoms. The van der Waals surface area contributed by atoms with E-state index in [0.717, 1.165) is 22.0 Å². The van der Waals surface area contributed by atoms with Crippen LogP contribution in [0.15, 0.2) is 30.0 Å². The molecule has 0 radical (unpaired) electrons. The Balaban J connectivity index is 2.14. The number of carbonyl (C=O) groups is 1. The minimum atomic E-state index is 0.107. The van der Waals surface area contributed by atoms with Gasteiger partial charge in [-0.3, -0.25) is 4.79 Å². The quantitative estimate of drug-likeness (QED) is 0.859. The van der Waals surface area contributed by atoms with Gasteiger partial charge in [0.2, 0.25) is 5.12 Å². The Kier molecular flexibility index (Phi) is 3.03. The average Bonchev–Trinajstić information content (AvgIpc) is 2.58. The van der Waals surface area contributed by atoms with Gasteiger partial charge in [0.1, 0.15) is 0 Å². The topological polar surface area (TPSA) is 29.1 Å². The van der Waals surface area contributed by atoms with Crippen molar-refractivity contribution in [3.8, 4) is 0 Å². The summed E-state index contributed by atoms with van der Waals surface area (Å²) in [5, 5.41) is 4.02. The van der Waals surface area contributed by atoms with E-state index < -0.39 is 0 Å². The third-order valence-electron chi connectivity index (χ3n) is 2.14. The van der Waals surface area contributed by atoms with Crippen molar-refractivity contribution in [3.05, 3.63) is 40.6 Å². The Morgan fingerprint density at radius 1 is 1.47 bits per heavy atom. The molecule has 0 unspecified atom stereocenters. The number of thioether (sulfide) groups is 1. The SMILES string of the molecule is Cc1ccc(NC2=CC(=O)SC2)cc1Cl. The molecular formula is C11H10ClNOS. The molecule has 0 atom stereocenters. The lowest BCUT2D eigenvalue weighted by Gasteiger charge is -2.07. The zero-order chi connectivity index (χ0) is 10.8. The first-order valence-corrected chi connectivity index (χ1v) is 5.92. The van der Waals surface area contributed by atoms with Crippen molar-refractivity contribution < 1.29 is 4.79 Å². The fourth-order valence-corrected chi connectivity index (χ4v) is 2.16. The monoisotopic (exact) mass is 239 g/mol. The van der Waals surface area contributed by atoms with Gasteiger partial charge in [-0.05, 0) is 24.6 Å². The van der Waals surface area contributed by atoms with E-state index in [0.29, 0.717) is 5.75 Å². The molecule has 0 saturated carbocycles. The number of halogens is 1. The summed E-state index contributed by atoms with van der Waals surface area (Å²) in [5.74, 6) is 0.713. The van der Waals surface area contributed by atoms with E-state index in [2.05, 4.69) is 5.32 Å². The predicted molar refractivity (Wildman–Crippen MR) is 65.4 cm³/mol. The number of hydrogen-bond acceptors (Lipinski definition) is 3.